The van der Waals surface area contributed by atoms with E-state index in [-0.39, 0.29) is 0 Å². The minimum atomic E-state index is 0.367. The fraction of sp³-hybridized carbons (Fsp3) is 0.308. The van der Waals surface area contributed by atoms with Crippen molar-refractivity contribution in [3.63, 3.8) is 0 Å². The molecule has 0 saturated heterocycles. The van der Waals surface area contributed by atoms with Crippen LogP contribution in [0.3, 0.4) is 0 Å². The second-order valence-corrected chi connectivity index (χ2v) is 12.1. The van der Waals surface area contributed by atoms with Crippen LogP contribution in [0, 0.1) is 0 Å². The Morgan fingerprint density at radius 1 is 0.512 bits per heavy atom. The van der Waals surface area contributed by atoms with E-state index in [1.807, 2.05) is 0 Å². The average Bonchev–Trinajstić information content (AvgIpc) is 2.96. The lowest BCUT2D eigenvalue weighted by Gasteiger charge is -2.23. The van der Waals surface area contributed by atoms with Crippen LogP contribution in [0.15, 0.2) is 108 Å². The molecule has 0 heterocycles. The number of anilines is 1. The van der Waals surface area contributed by atoms with E-state index in [4.69, 9.17) is 4.99 Å². The summed E-state index contributed by atoms with van der Waals surface area (Å²) in [6, 6.07) is 34.5. The number of benzene rings is 4. The first-order valence-electron chi connectivity index (χ1n) is 15.1. The van der Waals surface area contributed by atoms with Gasteiger partial charge in [-0.3, -0.25) is 0 Å². The van der Waals surface area contributed by atoms with E-state index in [0.29, 0.717) is 23.7 Å². The van der Waals surface area contributed by atoms with Crippen LogP contribution in [0.25, 0.3) is 5.70 Å². The van der Waals surface area contributed by atoms with Crippen molar-refractivity contribution in [3.05, 3.63) is 137 Å². The number of hydrogen-bond acceptors (Lipinski definition) is 2. The molecule has 2 nitrogen and oxygen atoms in total. The van der Waals surface area contributed by atoms with Gasteiger partial charge in [-0.25, -0.2) is 4.99 Å². The van der Waals surface area contributed by atoms with Gasteiger partial charge in [-0.1, -0.05) is 152 Å². The number of hydrogen-bond donors (Lipinski definition) is 1. The van der Waals surface area contributed by atoms with E-state index in [1.165, 1.54) is 27.9 Å². The predicted molar refractivity (Wildman–Crippen MR) is 180 cm³/mol. The van der Waals surface area contributed by atoms with Gasteiger partial charge in [0.1, 0.15) is 0 Å². The van der Waals surface area contributed by atoms with Gasteiger partial charge in [-0.15, -0.1) is 0 Å². The molecule has 0 bridgehead atoms. The van der Waals surface area contributed by atoms with Crippen molar-refractivity contribution in [2.75, 3.05) is 5.32 Å². The molecule has 0 amide bonds. The van der Waals surface area contributed by atoms with Crippen LogP contribution in [0.2, 0.25) is 0 Å². The van der Waals surface area contributed by atoms with E-state index >= 15 is 0 Å². The van der Waals surface area contributed by atoms with Crippen LogP contribution >= 0.6 is 0 Å². The van der Waals surface area contributed by atoms with Crippen molar-refractivity contribution in [2.24, 2.45) is 4.99 Å². The van der Waals surface area contributed by atoms with Crippen molar-refractivity contribution >= 4 is 22.8 Å². The first kappa shape index (κ1) is 30.1. The van der Waals surface area contributed by atoms with Crippen molar-refractivity contribution in [2.45, 2.75) is 79.1 Å². The SMILES string of the molecule is CC(C)c1cccc(C(C)C)c1N=C(/C=C(/Nc1c(C(C)C)cccc1C(C)C)c1ccccc1)c1ccccc1. The van der Waals surface area contributed by atoms with Crippen molar-refractivity contribution < 1.29 is 0 Å². The lowest BCUT2D eigenvalue weighted by molar-refractivity contribution is 0.835. The summed E-state index contributed by atoms with van der Waals surface area (Å²) >= 11 is 0. The number of nitrogens with one attached hydrogen (secondary N) is 1. The Kier molecular flexibility index (Phi) is 10.00. The standard InChI is InChI=1S/C39H46N2/c1-26(2)32-21-15-22-33(27(3)4)38(32)40-36(30-17-11-9-12-18-30)25-37(31-19-13-10-14-20-31)41-39-34(28(5)6)23-16-24-35(39)29(7)8/h9-29,40H,1-8H3/b36-25+,41-37?. The molecule has 0 aliphatic rings. The van der Waals surface area contributed by atoms with Gasteiger partial charge in [0.15, 0.2) is 0 Å². The van der Waals surface area contributed by atoms with Gasteiger partial charge in [-0.2, -0.15) is 0 Å². The maximum absolute atomic E-state index is 5.49. The largest absolute Gasteiger partial charge is 0.355 e. The molecule has 2 heteroatoms. The summed E-state index contributed by atoms with van der Waals surface area (Å²) in [5, 5.41) is 3.94. The number of allylic oxidation sites excluding steroid dienone is 1. The Morgan fingerprint density at radius 2 is 0.927 bits per heavy atom. The first-order chi connectivity index (χ1) is 19.7. The summed E-state index contributed by atoms with van der Waals surface area (Å²) in [7, 11) is 0. The van der Waals surface area contributed by atoms with E-state index in [1.54, 1.807) is 0 Å². The Balaban J connectivity index is 2.01. The molecule has 0 radical (unpaired) electrons. The third-order valence-electron chi connectivity index (χ3n) is 7.64. The molecule has 0 aromatic heterocycles. The molecule has 4 aromatic rings. The summed E-state index contributed by atoms with van der Waals surface area (Å²) in [6.45, 7) is 18.1. The van der Waals surface area contributed by atoms with Crippen molar-refractivity contribution in [3.8, 4) is 0 Å². The van der Waals surface area contributed by atoms with Crippen molar-refractivity contribution in [1.82, 2.24) is 0 Å². The molecule has 212 valence electrons. The monoisotopic (exact) mass is 542 g/mol. The Bertz CT molecular complexity index is 1440. The highest BCUT2D eigenvalue weighted by Gasteiger charge is 2.18. The predicted octanol–water partition coefficient (Wildman–Crippen LogP) is 11.5. The Morgan fingerprint density at radius 3 is 1.37 bits per heavy atom. The molecule has 0 fully saturated rings. The summed E-state index contributed by atoms with van der Waals surface area (Å²) in [6.07, 6.45) is 2.24. The molecule has 0 atom stereocenters. The van der Waals surface area contributed by atoms with Crippen LogP contribution < -0.4 is 5.32 Å². The quantitative estimate of drug-likeness (QED) is 0.198. The molecule has 0 aliphatic carbocycles. The van der Waals surface area contributed by atoms with Gasteiger partial charge in [0, 0.05) is 16.9 Å². The zero-order chi connectivity index (χ0) is 29.5. The molecule has 4 rings (SSSR count). The fourth-order valence-electron chi connectivity index (χ4n) is 5.33. The maximum atomic E-state index is 5.49. The summed E-state index contributed by atoms with van der Waals surface area (Å²) in [4.78, 5) is 5.49. The third-order valence-corrected chi connectivity index (χ3v) is 7.64. The molecule has 41 heavy (non-hydrogen) atoms. The normalized spacial score (nSPS) is 12.6. The molecule has 0 saturated carbocycles. The molecular weight excluding hydrogens is 496 g/mol. The second-order valence-electron chi connectivity index (χ2n) is 12.1. The summed E-state index contributed by atoms with van der Waals surface area (Å²) < 4.78 is 0. The molecule has 0 spiro atoms. The van der Waals surface area contributed by atoms with Gasteiger partial charge in [0.05, 0.1) is 11.4 Å². The molecular formula is C39H46N2. The fourth-order valence-corrected chi connectivity index (χ4v) is 5.33. The highest BCUT2D eigenvalue weighted by molar-refractivity contribution is 6.14. The van der Waals surface area contributed by atoms with Crippen LogP contribution in [0.4, 0.5) is 11.4 Å². The Hall–Kier alpha value is -3.91. The van der Waals surface area contributed by atoms with Crippen LogP contribution in [-0.4, -0.2) is 5.71 Å². The lowest BCUT2D eigenvalue weighted by atomic mass is 9.92. The van der Waals surface area contributed by atoms with Gasteiger partial charge >= 0.3 is 0 Å². The summed E-state index contributed by atoms with van der Waals surface area (Å²) in [5.74, 6) is 1.52. The van der Waals surface area contributed by atoms with Crippen LogP contribution in [-0.2, 0) is 0 Å². The molecule has 0 aliphatic heterocycles. The van der Waals surface area contributed by atoms with E-state index in [2.05, 4.69) is 164 Å². The van der Waals surface area contributed by atoms with Gasteiger partial charge in [-0.05, 0) is 57.6 Å². The smallest absolute Gasteiger partial charge is 0.0730 e. The zero-order valence-corrected chi connectivity index (χ0v) is 26.1. The third kappa shape index (κ3) is 7.24. The molecule has 0 unspecified atom stereocenters. The number of para-hydroxylation sites is 2. The van der Waals surface area contributed by atoms with Crippen LogP contribution in [0.1, 0.15) is 112 Å². The van der Waals surface area contributed by atoms with E-state index in [0.717, 1.165) is 28.2 Å². The minimum Gasteiger partial charge on any atom is -0.355 e. The second kappa shape index (κ2) is 13.6. The summed E-state index contributed by atoms with van der Waals surface area (Å²) in [5.41, 5.74) is 11.7. The number of aliphatic imine (C=N–C) groups is 1. The molecule has 1 N–H and O–H groups in total. The zero-order valence-electron chi connectivity index (χ0n) is 26.1. The lowest BCUT2D eigenvalue weighted by Crippen LogP contribution is -2.09. The number of rotatable bonds is 10. The number of nitrogens with zero attached hydrogens (tertiary/aromatic N) is 1. The minimum absolute atomic E-state index is 0.367. The Labute approximate surface area is 248 Å². The average molecular weight is 543 g/mol. The van der Waals surface area contributed by atoms with Gasteiger partial charge in [0.25, 0.3) is 0 Å². The highest BCUT2D eigenvalue weighted by atomic mass is 14.9. The molecule has 4 aromatic carbocycles. The first-order valence-corrected chi connectivity index (χ1v) is 15.1. The maximum Gasteiger partial charge on any atom is 0.0730 e. The topological polar surface area (TPSA) is 24.4 Å². The highest BCUT2D eigenvalue weighted by Crippen LogP contribution is 2.37. The van der Waals surface area contributed by atoms with Gasteiger partial charge in [0.2, 0.25) is 0 Å². The van der Waals surface area contributed by atoms with E-state index < -0.39 is 0 Å². The van der Waals surface area contributed by atoms with Crippen LogP contribution in [0.5, 0.6) is 0 Å². The van der Waals surface area contributed by atoms with Crippen molar-refractivity contribution in [1.29, 1.82) is 0 Å². The van der Waals surface area contributed by atoms with Gasteiger partial charge < -0.3 is 5.32 Å². The van der Waals surface area contributed by atoms with E-state index in [9.17, 15) is 0 Å².